The van der Waals surface area contributed by atoms with Crippen LogP contribution in [0.3, 0.4) is 0 Å². The fourth-order valence-electron chi connectivity index (χ4n) is 2.22. The highest BCUT2D eigenvalue weighted by Gasteiger charge is 2.45. The van der Waals surface area contributed by atoms with Crippen molar-refractivity contribution in [2.75, 3.05) is 6.61 Å². The van der Waals surface area contributed by atoms with Gasteiger partial charge in [-0.1, -0.05) is 18.2 Å². The molecule has 24 heavy (non-hydrogen) atoms. The third-order valence-electron chi connectivity index (χ3n) is 3.94. The molecule has 1 aliphatic heterocycles. The van der Waals surface area contributed by atoms with Gasteiger partial charge in [0, 0.05) is 0 Å². The zero-order chi connectivity index (χ0) is 18.5. The van der Waals surface area contributed by atoms with Crippen LogP contribution < -0.4 is 0 Å². The predicted octanol–water partition coefficient (Wildman–Crippen LogP) is -0.0379. The van der Waals surface area contributed by atoms with Gasteiger partial charge >= 0.3 is 0 Å². The number of ether oxygens (including phenoxy) is 2. The van der Waals surface area contributed by atoms with Gasteiger partial charge in [-0.15, -0.1) is 6.58 Å². The van der Waals surface area contributed by atoms with Crippen LogP contribution in [-0.2, 0) is 14.4 Å². The topological polar surface area (TPSA) is 129 Å². The fraction of sp³-hybridized carbons (Fsp3) is 0.750. The molecule has 0 aliphatic carbocycles. The van der Waals surface area contributed by atoms with E-state index in [0.29, 0.717) is 6.42 Å². The van der Waals surface area contributed by atoms with Crippen LogP contribution in [0.2, 0.25) is 0 Å². The van der Waals surface area contributed by atoms with Gasteiger partial charge in [-0.25, -0.2) is 4.89 Å². The Hall–Kier alpha value is -0.840. The molecule has 0 radical (unpaired) electrons. The van der Waals surface area contributed by atoms with E-state index < -0.39 is 48.5 Å². The van der Waals surface area contributed by atoms with Gasteiger partial charge in [-0.05, 0) is 27.2 Å². The summed E-state index contributed by atoms with van der Waals surface area (Å²) in [6.07, 6.45) is -1.56. The van der Waals surface area contributed by atoms with Crippen LogP contribution in [0.15, 0.2) is 24.8 Å². The van der Waals surface area contributed by atoms with Gasteiger partial charge in [0.2, 0.25) is 0 Å². The zero-order valence-electron chi connectivity index (χ0n) is 14.2. The lowest BCUT2D eigenvalue weighted by molar-refractivity contribution is -0.319. The molecule has 1 aliphatic rings. The van der Waals surface area contributed by atoms with E-state index in [4.69, 9.17) is 14.7 Å². The van der Waals surface area contributed by atoms with Crippen molar-refractivity contribution in [2.45, 2.75) is 69.1 Å². The fourth-order valence-corrected chi connectivity index (χ4v) is 2.22. The molecule has 1 heterocycles. The molecular weight excluding hydrogens is 320 g/mol. The van der Waals surface area contributed by atoms with Gasteiger partial charge in [0.15, 0.2) is 6.29 Å². The normalized spacial score (nSPS) is 34.2. The molecule has 0 amide bonds. The Morgan fingerprint density at radius 1 is 1.12 bits per heavy atom. The van der Waals surface area contributed by atoms with Gasteiger partial charge in [-0.2, -0.15) is 0 Å². The maximum atomic E-state index is 10.0. The van der Waals surface area contributed by atoms with Crippen molar-refractivity contribution in [3.63, 3.8) is 0 Å². The molecule has 140 valence electrons. The Morgan fingerprint density at radius 3 is 2.25 bits per heavy atom. The Labute approximate surface area is 141 Å². The Balaban J connectivity index is 2.80. The molecule has 0 aromatic carbocycles. The van der Waals surface area contributed by atoms with Crippen molar-refractivity contribution < 1.29 is 40.0 Å². The third-order valence-corrected chi connectivity index (χ3v) is 3.94. The van der Waals surface area contributed by atoms with Crippen molar-refractivity contribution in [1.29, 1.82) is 0 Å². The standard InChI is InChI=1S/C16H28O8/c1-5-16(4,8-6-7-15(2,3)24-21)23-14-13(20)12(19)11(18)10(9-17)22-14/h5-7,10-14,17-21H,1,8-9H2,2-4H3/b7-6+/t10-,11-,12+,13-,14+,16-/m1/s1. The molecule has 6 atom stereocenters. The summed E-state index contributed by atoms with van der Waals surface area (Å²) in [5.74, 6) is 0. The largest absolute Gasteiger partial charge is 0.394 e. The lowest BCUT2D eigenvalue weighted by atomic mass is 9.97. The average Bonchev–Trinajstić information content (AvgIpc) is 2.55. The molecule has 0 spiro atoms. The van der Waals surface area contributed by atoms with Crippen molar-refractivity contribution in [1.82, 2.24) is 0 Å². The lowest BCUT2D eigenvalue weighted by Gasteiger charge is -2.42. The van der Waals surface area contributed by atoms with Crippen LogP contribution in [0, 0.1) is 0 Å². The van der Waals surface area contributed by atoms with Gasteiger partial charge in [0.1, 0.15) is 30.0 Å². The smallest absolute Gasteiger partial charge is 0.187 e. The monoisotopic (exact) mass is 348 g/mol. The van der Waals surface area contributed by atoms with Crippen LogP contribution in [0.1, 0.15) is 27.2 Å². The van der Waals surface area contributed by atoms with Crippen LogP contribution in [-0.4, -0.2) is 74.2 Å². The number of hydrogen-bond donors (Lipinski definition) is 5. The second kappa shape index (κ2) is 8.50. The van der Waals surface area contributed by atoms with Crippen LogP contribution in [0.4, 0.5) is 0 Å². The molecule has 1 saturated heterocycles. The molecule has 8 heteroatoms. The van der Waals surface area contributed by atoms with E-state index in [9.17, 15) is 20.4 Å². The molecule has 1 rings (SSSR count). The van der Waals surface area contributed by atoms with Gasteiger partial charge < -0.3 is 29.9 Å². The summed E-state index contributed by atoms with van der Waals surface area (Å²) in [6.45, 7) is 8.18. The van der Waals surface area contributed by atoms with Crippen LogP contribution >= 0.6 is 0 Å². The molecule has 1 fully saturated rings. The van der Waals surface area contributed by atoms with Crippen molar-refractivity contribution in [2.24, 2.45) is 0 Å². The zero-order valence-corrected chi connectivity index (χ0v) is 14.2. The molecule has 0 aromatic rings. The Kier molecular flexibility index (Phi) is 7.51. The third kappa shape index (κ3) is 5.33. The number of hydrogen-bond acceptors (Lipinski definition) is 8. The summed E-state index contributed by atoms with van der Waals surface area (Å²) in [5.41, 5.74) is -1.83. The molecule has 8 nitrogen and oxygen atoms in total. The highest BCUT2D eigenvalue weighted by atomic mass is 17.1. The Morgan fingerprint density at radius 2 is 1.75 bits per heavy atom. The second-order valence-electron chi connectivity index (χ2n) is 6.63. The molecule has 0 bridgehead atoms. The van der Waals surface area contributed by atoms with E-state index in [1.165, 1.54) is 6.08 Å². The summed E-state index contributed by atoms with van der Waals surface area (Å²) in [6, 6.07) is 0. The minimum Gasteiger partial charge on any atom is -0.394 e. The molecule has 0 saturated carbocycles. The highest BCUT2D eigenvalue weighted by Crippen LogP contribution is 2.28. The quantitative estimate of drug-likeness (QED) is 0.235. The highest BCUT2D eigenvalue weighted by molar-refractivity contribution is 5.05. The minimum absolute atomic E-state index is 0.318. The van der Waals surface area contributed by atoms with E-state index in [0.717, 1.165) is 0 Å². The molecular formula is C16H28O8. The number of aliphatic hydroxyl groups excluding tert-OH is 4. The maximum Gasteiger partial charge on any atom is 0.187 e. The Bertz CT molecular complexity index is 436. The first-order valence-corrected chi connectivity index (χ1v) is 7.71. The van der Waals surface area contributed by atoms with Crippen molar-refractivity contribution >= 4 is 0 Å². The number of aliphatic hydroxyl groups is 4. The van der Waals surface area contributed by atoms with E-state index in [-0.39, 0.29) is 0 Å². The first kappa shape index (κ1) is 21.2. The SMILES string of the molecule is C=C[C@](C)(C/C=C/C(C)(C)OO)O[C@@H]1O[C@H](CO)[C@@H](O)[C@H](O)[C@H]1O. The maximum absolute atomic E-state index is 10.0. The van der Waals surface area contributed by atoms with E-state index in [1.54, 1.807) is 32.9 Å². The lowest BCUT2D eigenvalue weighted by Crippen LogP contribution is -2.60. The van der Waals surface area contributed by atoms with E-state index in [2.05, 4.69) is 11.5 Å². The predicted molar refractivity (Wildman–Crippen MR) is 85.0 cm³/mol. The average molecular weight is 348 g/mol. The summed E-state index contributed by atoms with van der Waals surface area (Å²) in [7, 11) is 0. The van der Waals surface area contributed by atoms with Gasteiger partial charge in [0.05, 0.1) is 12.2 Å². The van der Waals surface area contributed by atoms with Crippen LogP contribution in [0.5, 0.6) is 0 Å². The summed E-state index contributed by atoms with van der Waals surface area (Å²) in [5, 5.41) is 47.5. The summed E-state index contributed by atoms with van der Waals surface area (Å²) >= 11 is 0. The van der Waals surface area contributed by atoms with Gasteiger partial charge in [-0.3, -0.25) is 5.26 Å². The molecule has 5 N–H and O–H groups in total. The van der Waals surface area contributed by atoms with E-state index >= 15 is 0 Å². The van der Waals surface area contributed by atoms with Crippen molar-refractivity contribution in [3.05, 3.63) is 24.8 Å². The minimum atomic E-state index is -1.51. The van der Waals surface area contributed by atoms with Gasteiger partial charge in [0.25, 0.3) is 0 Å². The molecule has 0 aromatic heterocycles. The first-order valence-electron chi connectivity index (χ1n) is 7.71. The molecule has 0 unspecified atom stereocenters. The van der Waals surface area contributed by atoms with Crippen molar-refractivity contribution in [3.8, 4) is 0 Å². The second-order valence-corrected chi connectivity index (χ2v) is 6.63. The summed E-state index contributed by atoms with van der Waals surface area (Å²) < 4.78 is 11.0. The summed E-state index contributed by atoms with van der Waals surface area (Å²) in [4.78, 5) is 4.30. The number of rotatable bonds is 8. The van der Waals surface area contributed by atoms with Crippen LogP contribution in [0.25, 0.3) is 0 Å². The van der Waals surface area contributed by atoms with E-state index in [1.807, 2.05) is 0 Å². The first-order chi connectivity index (χ1) is 11.1.